The van der Waals surface area contributed by atoms with E-state index in [2.05, 4.69) is 10.1 Å². The quantitative estimate of drug-likeness (QED) is 0.374. The van der Waals surface area contributed by atoms with Crippen molar-refractivity contribution in [3.05, 3.63) is 87.2 Å². The standard InChI is InChI=1S/C15H14F3N3O3.C13H17F/c16-15(17,18)11-2-1-6-19-12(11)8-21-14(22)4-3-13(20-21)24-10-5-7-23-9-10;1-10-6-5-9-12(14)13(10)11-7-3-2-4-8-11/h1-4,6,10H,5,7-9H2;5-6,9,11H,2-4,7-8H2,1H3. The maximum absolute atomic E-state index is 13.6. The lowest BCUT2D eigenvalue weighted by molar-refractivity contribution is -0.138. The molecule has 1 saturated heterocycles. The molecule has 2 aliphatic rings. The van der Waals surface area contributed by atoms with Crippen LogP contribution in [-0.4, -0.2) is 34.1 Å². The normalized spacial score (nSPS) is 18.1. The number of benzene rings is 1. The topological polar surface area (TPSA) is 66.2 Å². The lowest BCUT2D eigenvalue weighted by Crippen LogP contribution is -2.26. The van der Waals surface area contributed by atoms with Gasteiger partial charge in [0, 0.05) is 24.8 Å². The van der Waals surface area contributed by atoms with Crippen LogP contribution >= 0.6 is 0 Å². The van der Waals surface area contributed by atoms with E-state index in [0.29, 0.717) is 25.6 Å². The Morgan fingerprint density at radius 2 is 1.84 bits per heavy atom. The maximum Gasteiger partial charge on any atom is 0.418 e. The average Bonchev–Trinajstić information content (AvgIpc) is 3.40. The molecule has 3 aromatic rings. The van der Waals surface area contributed by atoms with E-state index in [4.69, 9.17) is 9.47 Å². The minimum Gasteiger partial charge on any atom is -0.471 e. The number of halogens is 4. The molecule has 1 unspecified atom stereocenters. The number of rotatable bonds is 5. The van der Waals surface area contributed by atoms with E-state index < -0.39 is 23.8 Å². The van der Waals surface area contributed by atoms with Gasteiger partial charge >= 0.3 is 6.18 Å². The van der Waals surface area contributed by atoms with Gasteiger partial charge in [0.15, 0.2) is 0 Å². The minimum atomic E-state index is -4.55. The summed E-state index contributed by atoms with van der Waals surface area (Å²) in [5.74, 6) is 0.636. The van der Waals surface area contributed by atoms with Crippen LogP contribution in [0.3, 0.4) is 0 Å². The van der Waals surface area contributed by atoms with Crippen LogP contribution in [0.4, 0.5) is 17.6 Å². The zero-order valence-electron chi connectivity index (χ0n) is 21.2. The number of ether oxygens (including phenoxy) is 2. The van der Waals surface area contributed by atoms with E-state index >= 15 is 0 Å². The Bertz CT molecular complexity index is 1250. The zero-order valence-corrected chi connectivity index (χ0v) is 21.2. The molecular formula is C28H31F4N3O3. The van der Waals surface area contributed by atoms with Gasteiger partial charge in [0.2, 0.25) is 5.88 Å². The molecule has 0 spiro atoms. The molecule has 5 rings (SSSR count). The second-order valence-corrected chi connectivity index (χ2v) is 9.57. The third-order valence-electron chi connectivity index (χ3n) is 6.80. The van der Waals surface area contributed by atoms with Crippen LogP contribution in [0.15, 0.2) is 53.5 Å². The van der Waals surface area contributed by atoms with E-state index in [-0.39, 0.29) is 23.5 Å². The van der Waals surface area contributed by atoms with Crippen LogP contribution in [0, 0.1) is 12.7 Å². The first-order chi connectivity index (χ1) is 18.2. The first-order valence-electron chi connectivity index (χ1n) is 12.8. The molecule has 0 bridgehead atoms. The van der Waals surface area contributed by atoms with Gasteiger partial charge in [-0.1, -0.05) is 31.4 Å². The van der Waals surface area contributed by atoms with Gasteiger partial charge in [-0.15, -0.1) is 5.10 Å². The minimum absolute atomic E-state index is 0.00287. The van der Waals surface area contributed by atoms with Crippen molar-refractivity contribution in [2.45, 2.75) is 70.2 Å². The van der Waals surface area contributed by atoms with Crippen molar-refractivity contribution >= 4 is 0 Å². The van der Waals surface area contributed by atoms with E-state index in [1.807, 2.05) is 13.0 Å². The number of alkyl halides is 3. The van der Waals surface area contributed by atoms with Crippen molar-refractivity contribution in [3.63, 3.8) is 0 Å². The molecule has 2 fully saturated rings. The summed E-state index contributed by atoms with van der Waals surface area (Å²) in [4.78, 5) is 15.6. The smallest absolute Gasteiger partial charge is 0.418 e. The number of aryl methyl sites for hydroxylation is 1. The van der Waals surface area contributed by atoms with Crippen LogP contribution in [0.5, 0.6) is 5.88 Å². The van der Waals surface area contributed by atoms with Crippen molar-refractivity contribution in [2.75, 3.05) is 13.2 Å². The Morgan fingerprint density at radius 1 is 1.05 bits per heavy atom. The highest BCUT2D eigenvalue weighted by Crippen LogP contribution is 2.35. The molecular weight excluding hydrogens is 502 g/mol. The van der Waals surface area contributed by atoms with Crippen molar-refractivity contribution < 1.29 is 27.0 Å². The molecule has 2 aromatic heterocycles. The van der Waals surface area contributed by atoms with Crippen molar-refractivity contribution in [1.29, 1.82) is 0 Å². The highest BCUT2D eigenvalue weighted by Gasteiger charge is 2.34. The molecule has 0 radical (unpaired) electrons. The molecule has 38 heavy (non-hydrogen) atoms. The summed E-state index contributed by atoms with van der Waals surface area (Å²) in [5.41, 5.74) is 0.392. The summed E-state index contributed by atoms with van der Waals surface area (Å²) in [5, 5.41) is 3.97. The van der Waals surface area contributed by atoms with Gasteiger partial charge in [0.25, 0.3) is 5.56 Å². The first-order valence-corrected chi connectivity index (χ1v) is 12.8. The second-order valence-electron chi connectivity index (χ2n) is 9.57. The Labute approximate surface area is 218 Å². The van der Waals surface area contributed by atoms with E-state index in [1.54, 1.807) is 12.1 Å². The van der Waals surface area contributed by atoms with Gasteiger partial charge in [0.1, 0.15) is 11.9 Å². The summed E-state index contributed by atoms with van der Waals surface area (Å²) in [6.07, 6.45) is 3.39. The Hall–Kier alpha value is -3.27. The molecule has 1 aliphatic carbocycles. The van der Waals surface area contributed by atoms with E-state index in [1.165, 1.54) is 56.5 Å². The molecule has 3 heterocycles. The summed E-state index contributed by atoms with van der Waals surface area (Å²) in [6.45, 7) is 2.62. The van der Waals surface area contributed by atoms with Gasteiger partial charge in [-0.2, -0.15) is 13.2 Å². The van der Waals surface area contributed by atoms with Gasteiger partial charge in [-0.25, -0.2) is 9.07 Å². The molecule has 1 aliphatic heterocycles. The summed E-state index contributed by atoms with van der Waals surface area (Å²) < 4.78 is 64.3. The number of hydrogen-bond acceptors (Lipinski definition) is 5. The number of pyridine rings is 1. The summed E-state index contributed by atoms with van der Waals surface area (Å²) >= 11 is 0. The van der Waals surface area contributed by atoms with Gasteiger partial charge < -0.3 is 9.47 Å². The Kier molecular flexibility index (Phi) is 9.14. The molecule has 1 atom stereocenters. The predicted octanol–water partition coefficient (Wildman–Crippen LogP) is 6.05. The monoisotopic (exact) mass is 533 g/mol. The fraction of sp³-hybridized carbons (Fsp3) is 0.464. The molecule has 10 heteroatoms. The van der Waals surface area contributed by atoms with Crippen LogP contribution < -0.4 is 10.3 Å². The second kappa shape index (κ2) is 12.5. The number of nitrogens with zero attached hydrogens (tertiary/aromatic N) is 3. The van der Waals surface area contributed by atoms with E-state index in [0.717, 1.165) is 21.9 Å². The van der Waals surface area contributed by atoms with Crippen LogP contribution in [-0.2, 0) is 17.5 Å². The van der Waals surface area contributed by atoms with Crippen molar-refractivity contribution in [1.82, 2.24) is 14.8 Å². The summed E-state index contributed by atoms with van der Waals surface area (Å²) in [6, 6.07) is 10.1. The Balaban J connectivity index is 0.000000204. The number of hydrogen-bond donors (Lipinski definition) is 0. The maximum atomic E-state index is 13.6. The fourth-order valence-electron chi connectivity index (χ4n) is 4.90. The van der Waals surface area contributed by atoms with Gasteiger partial charge in [0.05, 0.1) is 31.0 Å². The Morgan fingerprint density at radius 3 is 2.53 bits per heavy atom. The van der Waals surface area contributed by atoms with Gasteiger partial charge in [-0.05, 0) is 55.0 Å². The molecule has 1 saturated carbocycles. The third kappa shape index (κ3) is 7.18. The van der Waals surface area contributed by atoms with Crippen LogP contribution in [0.1, 0.15) is 66.8 Å². The SMILES string of the molecule is Cc1cccc(F)c1C1CCCCC1.O=c1ccc(OC2CCOC2)nn1Cc1ncccc1C(F)(F)F. The zero-order chi connectivity index (χ0) is 27.1. The largest absolute Gasteiger partial charge is 0.471 e. The fourth-order valence-corrected chi connectivity index (χ4v) is 4.90. The molecule has 204 valence electrons. The average molecular weight is 534 g/mol. The number of aromatic nitrogens is 3. The molecule has 0 amide bonds. The highest BCUT2D eigenvalue weighted by atomic mass is 19.4. The van der Waals surface area contributed by atoms with Crippen LogP contribution in [0.25, 0.3) is 0 Å². The molecule has 6 nitrogen and oxygen atoms in total. The van der Waals surface area contributed by atoms with Gasteiger partial charge in [-0.3, -0.25) is 9.78 Å². The molecule has 1 aromatic carbocycles. The van der Waals surface area contributed by atoms with Crippen molar-refractivity contribution in [3.8, 4) is 5.88 Å². The van der Waals surface area contributed by atoms with E-state index in [9.17, 15) is 22.4 Å². The summed E-state index contributed by atoms with van der Waals surface area (Å²) in [7, 11) is 0. The first kappa shape index (κ1) is 27.8. The van der Waals surface area contributed by atoms with Crippen molar-refractivity contribution in [2.24, 2.45) is 0 Å². The highest BCUT2D eigenvalue weighted by molar-refractivity contribution is 5.31. The third-order valence-corrected chi connectivity index (χ3v) is 6.80. The lowest BCUT2D eigenvalue weighted by atomic mass is 9.82. The molecule has 0 N–H and O–H groups in total. The predicted molar refractivity (Wildman–Crippen MR) is 134 cm³/mol. The van der Waals surface area contributed by atoms with Crippen LogP contribution in [0.2, 0.25) is 0 Å². The lowest BCUT2D eigenvalue weighted by Gasteiger charge is -2.23.